The Morgan fingerprint density at radius 1 is 1.28 bits per heavy atom. The molecule has 7 nitrogen and oxygen atoms in total. The number of ether oxygens (including phenoxy) is 3. The molecule has 2 heterocycles. The molecule has 1 amide bonds. The number of imidazole rings is 1. The highest BCUT2D eigenvalue weighted by Gasteiger charge is 2.45. The Hall–Kier alpha value is -2.58. The van der Waals surface area contributed by atoms with Crippen molar-refractivity contribution in [2.45, 2.75) is 25.4 Å². The van der Waals surface area contributed by atoms with Crippen molar-refractivity contribution in [3.63, 3.8) is 0 Å². The number of carbonyl (C=O) groups excluding carboxylic acids is 1. The number of amides is 1. The molecule has 3 aromatic rings. The van der Waals surface area contributed by atoms with Crippen molar-refractivity contribution in [1.82, 2.24) is 9.55 Å². The normalized spacial score (nSPS) is 20.3. The first-order chi connectivity index (χ1) is 15.4. The summed E-state index contributed by atoms with van der Waals surface area (Å²) >= 11 is 12.6. The molecule has 32 heavy (non-hydrogen) atoms. The molecule has 0 bridgehead atoms. The molecule has 1 aliphatic heterocycles. The molecular formula is C23H23Cl2N3O4. The quantitative estimate of drug-likeness (QED) is 0.502. The van der Waals surface area contributed by atoms with Crippen LogP contribution in [-0.2, 0) is 26.6 Å². The fourth-order valence-electron chi connectivity index (χ4n) is 3.51. The van der Waals surface area contributed by atoms with Crippen molar-refractivity contribution < 1.29 is 19.0 Å². The lowest BCUT2D eigenvalue weighted by Gasteiger charge is -2.30. The molecule has 2 unspecified atom stereocenters. The van der Waals surface area contributed by atoms with E-state index in [9.17, 15) is 4.79 Å². The standard InChI is InChI=1S/C23H23Cl2N3O4/c1-16(29)27(2)18-4-6-19(7-5-18)30-12-20-13-31-23(32-20,14-28-10-9-26-15-28)21-8-3-17(24)11-22(21)25/h3-11,15,20H,12-14H2,1-2H3. The van der Waals surface area contributed by atoms with Gasteiger partial charge in [-0.25, -0.2) is 4.98 Å². The largest absolute Gasteiger partial charge is 0.491 e. The van der Waals surface area contributed by atoms with Crippen LogP contribution in [-0.4, -0.2) is 41.8 Å². The minimum atomic E-state index is -1.09. The van der Waals surface area contributed by atoms with Crippen LogP contribution in [0.5, 0.6) is 5.75 Å². The first kappa shape index (κ1) is 22.6. The summed E-state index contributed by atoms with van der Waals surface area (Å²) in [6, 6.07) is 12.5. The second kappa shape index (κ2) is 9.50. The van der Waals surface area contributed by atoms with E-state index >= 15 is 0 Å². The summed E-state index contributed by atoms with van der Waals surface area (Å²) in [6.07, 6.45) is 4.91. The van der Waals surface area contributed by atoms with Gasteiger partial charge in [-0.1, -0.05) is 29.3 Å². The third-order valence-corrected chi connectivity index (χ3v) is 5.83. The van der Waals surface area contributed by atoms with Gasteiger partial charge in [0, 0.05) is 42.6 Å². The molecule has 1 aromatic heterocycles. The highest BCUT2D eigenvalue weighted by atomic mass is 35.5. The minimum absolute atomic E-state index is 0.0368. The number of halogens is 2. The third kappa shape index (κ3) is 4.91. The van der Waals surface area contributed by atoms with Crippen molar-refractivity contribution in [2.75, 3.05) is 25.2 Å². The van der Waals surface area contributed by atoms with Gasteiger partial charge in [0.1, 0.15) is 18.5 Å². The first-order valence-electron chi connectivity index (χ1n) is 10.1. The van der Waals surface area contributed by atoms with Crippen molar-refractivity contribution in [1.29, 1.82) is 0 Å². The molecule has 2 aromatic carbocycles. The van der Waals surface area contributed by atoms with Crippen molar-refractivity contribution in [3.8, 4) is 5.75 Å². The molecule has 0 N–H and O–H groups in total. The Morgan fingerprint density at radius 2 is 2.06 bits per heavy atom. The summed E-state index contributed by atoms with van der Waals surface area (Å²) in [6.45, 7) is 2.51. The van der Waals surface area contributed by atoms with Crippen LogP contribution in [0.15, 0.2) is 61.2 Å². The lowest BCUT2D eigenvalue weighted by molar-refractivity contribution is -0.189. The Balaban J connectivity index is 1.47. The number of hydrogen-bond donors (Lipinski definition) is 0. The van der Waals surface area contributed by atoms with Crippen LogP contribution in [0.3, 0.4) is 0 Å². The lowest BCUT2D eigenvalue weighted by atomic mass is 10.1. The maximum Gasteiger partial charge on any atom is 0.223 e. The molecule has 0 aliphatic carbocycles. The average molecular weight is 476 g/mol. The van der Waals surface area contributed by atoms with Crippen LogP contribution in [0, 0.1) is 0 Å². The zero-order valence-corrected chi connectivity index (χ0v) is 19.2. The molecule has 1 aliphatic rings. The van der Waals surface area contributed by atoms with Gasteiger partial charge in [0.25, 0.3) is 0 Å². The van der Waals surface area contributed by atoms with Gasteiger partial charge in [-0.15, -0.1) is 0 Å². The highest BCUT2D eigenvalue weighted by Crippen LogP contribution is 2.40. The SMILES string of the molecule is CC(=O)N(C)c1ccc(OCC2COC(Cn3ccnc3)(c3ccc(Cl)cc3Cl)O2)cc1. The highest BCUT2D eigenvalue weighted by molar-refractivity contribution is 6.35. The number of anilines is 1. The molecule has 0 radical (unpaired) electrons. The number of aromatic nitrogens is 2. The van der Waals surface area contributed by atoms with Gasteiger partial charge in [-0.3, -0.25) is 4.79 Å². The number of nitrogens with zero attached hydrogens (tertiary/aromatic N) is 3. The van der Waals surface area contributed by atoms with E-state index in [1.54, 1.807) is 36.6 Å². The van der Waals surface area contributed by atoms with Crippen LogP contribution >= 0.6 is 23.2 Å². The van der Waals surface area contributed by atoms with Gasteiger partial charge in [0.2, 0.25) is 11.7 Å². The molecule has 0 saturated carbocycles. The summed E-state index contributed by atoms with van der Waals surface area (Å²) in [5.74, 6) is -0.457. The summed E-state index contributed by atoms with van der Waals surface area (Å²) in [5, 5.41) is 0.998. The summed E-state index contributed by atoms with van der Waals surface area (Å²) in [5.41, 5.74) is 1.48. The fourth-order valence-corrected chi connectivity index (χ4v) is 4.06. The van der Waals surface area contributed by atoms with Crippen molar-refractivity contribution in [2.24, 2.45) is 0 Å². The Morgan fingerprint density at radius 3 is 2.72 bits per heavy atom. The molecule has 1 saturated heterocycles. The number of rotatable bonds is 7. The van der Waals surface area contributed by atoms with Crippen molar-refractivity contribution >= 4 is 34.8 Å². The van der Waals surface area contributed by atoms with Crippen molar-refractivity contribution in [3.05, 3.63) is 76.8 Å². The van der Waals surface area contributed by atoms with Crippen LogP contribution in [0.1, 0.15) is 12.5 Å². The number of benzene rings is 2. The molecule has 4 rings (SSSR count). The zero-order chi connectivity index (χ0) is 22.7. The molecular weight excluding hydrogens is 453 g/mol. The average Bonchev–Trinajstić information content (AvgIpc) is 3.43. The van der Waals surface area contributed by atoms with Gasteiger partial charge in [-0.2, -0.15) is 0 Å². The Bertz CT molecular complexity index is 1080. The van der Waals surface area contributed by atoms with Gasteiger partial charge < -0.3 is 23.7 Å². The van der Waals surface area contributed by atoms with Gasteiger partial charge >= 0.3 is 0 Å². The van der Waals surface area contributed by atoms with E-state index in [-0.39, 0.29) is 12.0 Å². The maximum absolute atomic E-state index is 11.5. The van der Waals surface area contributed by atoms with E-state index < -0.39 is 5.79 Å². The first-order valence-corrected chi connectivity index (χ1v) is 10.8. The second-order valence-corrected chi connectivity index (χ2v) is 8.39. The summed E-state index contributed by atoms with van der Waals surface area (Å²) in [7, 11) is 1.73. The Labute approximate surface area is 196 Å². The topological polar surface area (TPSA) is 65.8 Å². The molecule has 9 heteroatoms. The monoisotopic (exact) mass is 475 g/mol. The van der Waals surface area contributed by atoms with E-state index in [0.29, 0.717) is 41.1 Å². The third-order valence-electron chi connectivity index (χ3n) is 5.28. The van der Waals surface area contributed by atoms with Crippen LogP contribution < -0.4 is 9.64 Å². The summed E-state index contributed by atoms with van der Waals surface area (Å²) < 4.78 is 20.3. The summed E-state index contributed by atoms with van der Waals surface area (Å²) in [4.78, 5) is 17.2. The fraction of sp³-hybridized carbons (Fsp3) is 0.304. The van der Waals surface area contributed by atoms with Crippen LogP contribution in [0.4, 0.5) is 5.69 Å². The van der Waals surface area contributed by atoms with Gasteiger partial charge in [0.15, 0.2) is 0 Å². The van der Waals surface area contributed by atoms with Gasteiger partial charge in [-0.05, 0) is 36.4 Å². The molecule has 2 atom stereocenters. The van der Waals surface area contributed by atoms with E-state index in [0.717, 1.165) is 5.69 Å². The Kier molecular flexibility index (Phi) is 6.71. The zero-order valence-electron chi connectivity index (χ0n) is 17.7. The van der Waals surface area contributed by atoms with Crippen LogP contribution in [0.2, 0.25) is 10.0 Å². The van der Waals surface area contributed by atoms with E-state index in [1.165, 1.54) is 6.92 Å². The lowest BCUT2D eigenvalue weighted by Crippen LogP contribution is -2.34. The van der Waals surface area contributed by atoms with E-state index in [1.807, 2.05) is 41.1 Å². The van der Waals surface area contributed by atoms with E-state index in [2.05, 4.69) is 4.98 Å². The molecule has 168 valence electrons. The molecule has 0 spiro atoms. The minimum Gasteiger partial charge on any atom is -0.491 e. The van der Waals surface area contributed by atoms with Gasteiger partial charge in [0.05, 0.1) is 24.5 Å². The second-order valence-electron chi connectivity index (χ2n) is 7.55. The number of carbonyl (C=O) groups is 1. The molecule has 1 fully saturated rings. The predicted molar refractivity (Wildman–Crippen MR) is 122 cm³/mol. The number of hydrogen-bond acceptors (Lipinski definition) is 5. The smallest absolute Gasteiger partial charge is 0.223 e. The van der Waals surface area contributed by atoms with Crippen LogP contribution in [0.25, 0.3) is 0 Å². The maximum atomic E-state index is 11.5. The van der Waals surface area contributed by atoms with E-state index in [4.69, 9.17) is 37.4 Å². The predicted octanol–water partition coefficient (Wildman–Crippen LogP) is 4.52.